The molecule has 3 rings (SSSR count). The van der Waals surface area contributed by atoms with Crippen molar-refractivity contribution in [3.63, 3.8) is 0 Å². The summed E-state index contributed by atoms with van der Waals surface area (Å²) in [6.07, 6.45) is 0. The summed E-state index contributed by atoms with van der Waals surface area (Å²) >= 11 is 3.22. The van der Waals surface area contributed by atoms with Crippen molar-refractivity contribution in [1.82, 2.24) is 14.8 Å². The van der Waals surface area contributed by atoms with Crippen LogP contribution in [0, 0.1) is 12.7 Å². The number of aromatic nitrogens is 3. The summed E-state index contributed by atoms with van der Waals surface area (Å²) in [6.45, 7) is 6.30. The van der Waals surface area contributed by atoms with Crippen molar-refractivity contribution in [2.75, 3.05) is 0 Å². The van der Waals surface area contributed by atoms with Crippen molar-refractivity contribution < 1.29 is 4.39 Å². The van der Waals surface area contributed by atoms with Gasteiger partial charge in [0.1, 0.15) is 5.82 Å². The number of halogens is 1. The first-order valence-corrected chi connectivity index (χ1v) is 9.29. The summed E-state index contributed by atoms with van der Waals surface area (Å²) in [7, 11) is 0. The van der Waals surface area contributed by atoms with Crippen molar-refractivity contribution in [3.05, 3.63) is 52.0 Å². The summed E-state index contributed by atoms with van der Waals surface area (Å²) in [5, 5.41) is 11.6. The Morgan fingerprint density at radius 1 is 1.26 bits per heavy atom. The van der Waals surface area contributed by atoms with E-state index >= 15 is 0 Å². The Hall–Kier alpha value is -1.66. The van der Waals surface area contributed by atoms with Crippen molar-refractivity contribution in [1.29, 1.82) is 0 Å². The van der Waals surface area contributed by atoms with E-state index in [9.17, 15) is 4.39 Å². The number of nitrogens with zero attached hydrogens (tertiary/aromatic N) is 3. The van der Waals surface area contributed by atoms with Gasteiger partial charge in [0.15, 0.2) is 11.0 Å². The van der Waals surface area contributed by atoms with Crippen molar-refractivity contribution in [3.8, 4) is 11.4 Å². The predicted molar refractivity (Wildman–Crippen MR) is 94.4 cm³/mol. The van der Waals surface area contributed by atoms with Gasteiger partial charge in [0.2, 0.25) is 0 Å². The van der Waals surface area contributed by atoms with Crippen molar-refractivity contribution in [2.24, 2.45) is 0 Å². The van der Waals surface area contributed by atoms with E-state index in [-0.39, 0.29) is 11.9 Å². The lowest BCUT2D eigenvalue weighted by Crippen LogP contribution is -2.05. The molecule has 2 aromatic heterocycles. The lowest BCUT2D eigenvalue weighted by molar-refractivity contribution is 0.555. The number of thiophene rings is 1. The first kappa shape index (κ1) is 16.2. The van der Waals surface area contributed by atoms with E-state index in [2.05, 4.69) is 47.0 Å². The van der Waals surface area contributed by atoms with Gasteiger partial charge in [0, 0.05) is 27.6 Å². The van der Waals surface area contributed by atoms with Crippen LogP contribution in [0.25, 0.3) is 11.4 Å². The molecule has 0 N–H and O–H groups in total. The molecule has 3 nitrogen and oxygen atoms in total. The second-order valence-corrected chi connectivity index (χ2v) is 7.65. The van der Waals surface area contributed by atoms with Gasteiger partial charge in [-0.2, -0.15) is 0 Å². The van der Waals surface area contributed by atoms with Crippen LogP contribution in [-0.4, -0.2) is 14.8 Å². The van der Waals surface area contributed by atoms with Crippen LogP contribution in [-0.2, 0) is 5.75 Å². The van der Waals surface area contributed by atoms with Gasteiger partial charge in [-0.05, 0) is 38.5 Å². The van der Waals surface area contributed by atoms with E-state index in [0.717, 1.165) is 16.5 Å². The molecule has 23 heavy (non-hydrogen) atoms. The predicted octanol–water partition coefficient (Wildman–Crippen LogP) is 5.33. The fourth-order valence-electron chi connectivity index (χ4n) is 2.36. The molecule has 120 valence electrons. The molecular formula is C17H18FN3S2. The Bertz CT molecular complexity index is 808. The fourth-order valence-corrected chi connectivity index (χ4v) is 4.09. The van der Waals surface area contributed by atoms with E-state index in [4.69, 9.17) is 0 Å². The molecule has 0 spiro atoms. The van der Waals surface area contributed by atoms with Gasteiger partial charge < -0.3 is 0 Å². The molecule has 3 aromatic rings. The summed E-state index contributed by atoms with van der Waals surface area (Å²) in [5.41, 5.74) is 1.77. The van der Waals surface area contributed by atoms with Gasteiger partial charge in [0.05, 0.1) is 0 Å². The molecule has 0 aliphatic rings. The lowest BCUT2D eigenvalue weighted by atomic mass is 10.2. The molecule has 0 atom stereocenters. The summed E-state index contributed by atoms with van der Waals surface area (Å²) in [5.74, 6) is 1.24. The van der Waals surface area contributed by atoms with Gasteiger partial charge >= 0.3 is 0 Å². The highest BCUT2D eigenvalue weighted by atomic mass is 32.2. The summed E-state index contributed by atoms with van der Waals surface area (Å²) in [4.78, 5) is 1.25. The summed E-state index contributed by atoms with van der Waals surface area (Å²) < 4.78 is 15.9. The molecule has 0 unspecified atom stereocenters. The molecular weight excluding hydrogens is 329 g/mol. The first-order chi connectivity index (χ1) is 11.1. The van der Waals surface area contributed by atoms with Gasteiger partial charge in [-0.1, -0.05) is 30.0 Å². The van der Waals surface area contributed by atoms with Crippen LogP contribution < -0.4 is 0 Å². The highest BCUT2D eigenvalue weighted by Crippen LogP contribution is 2.31. The molecule has 0 amide bonds. The average Bonchev–Trinajstić information content (AvgIpc) is 3.12. The minimum absolute atomic E-state index is 0.177. The number of benzene rings is 1. The number of rotatable bonds is 5. The zero-order valence-corrected chi connectivity index (χ0v) is 14.9. The monoisotopic (exact) mass is 347 g/mol. The second kappa shape index (κ2) is 6.84. The maximum absolute atomic E-state index is 13.8. The number of thioether (sulfide) groups is 1. The van der Waals surface area contributed by atoms with E-state index in [1.165, 1.54) is 22.7 Å². The average molecular weight is 347 g/mol. The minimum atomic E-state index is -0.177. The van der Waals surface area contributed by atoms with Crippen molar-refractivity contribution in [2.45, 2.75) is 37.7 Å². The SMILES string of the molecule is Cc1cc(-c2nnc(SCc3ccccc3F)n2C(C)C)cs1. The second-order valence-electron chi connectivity index (χ2n) is 5.60. The number of hydrogen-bond donors (Lipinski definition) is 0. The van der Waals surface area contributed by atoms with Crippen LogP contribution in [0.3, 0.4) is 0 Å². The third kappa shape index (κ3) is 3.48. The lowest BCUT2D eigenvalue weighted by Gasteiger charge is -2.13. The Labute approximate surface area is 143 Å². The normalized spacial score (nSPS) is 11.3. The third-order valence-corrected chi connectivity index (χ3v) is 5.34. The van der Waals surface area contributed by atoms with Crippen LogP contribution in [0.2, 0.25) is 0 Å². The van der Waals surface area contributed by atoms with Crippen LogP contribution in [0.15, 0.2) is 40.9 Å². The largest absolute Gasteiger partial charge is 0.299 e. The highest BCUT2D eigenvalue weighted by molar-refractivity contribution is 7.98. The van der Waals surface area contributed by atoms with Crippen LogP contribution in [0.5, 0.6) is 0 Å². The number of aryl methyl sites for hydroxylation is 1. The van der Waals surface area contributed by atoms with E-state index in [1.54, 1.807) is 17.4 Å². The molecule has 0 radical (unpaired) electrons. The summed E-state index contributed by atoms with van der Waals surface area (Å²) in [6, 6.07) is 9.22. The Morgan fingerprint density at radius 2 is 2.04 bits per heavy atom. The standard InChI is InChI=1S/C17H18FN3S2/c1-11(2)21-16(14-8-12(3)22-10-14)19-20-17(21)23-9-13-6-4-5-7-15(13)18/h4-8,10-11H,9H2,1-3H3. The molecule has 0 bridgehead atoms. The van der Waals surface area contributed by atoms with Crippen molar-refractivity contribution >= 4 is 23.1 Å². The van der Waals surface area contributed by atoms with Gasteiger partial charge in [0.25, 0.3) is 0 Å². The maximum atomic E-state index is 13.8. The number of hydrogen-bond acceptors (Lipinski definition) is 4. The molecule has 0 aliphatic heterocycles. The first-order valence-electron chi connectivity index (χ1n) is 7.43. The van der Waals surface area contributed by atoms with Gasteiger partial charge in [-0.15, -0.1) is 21.5 Å². The van der Waals surface area contributed by atoms with E-state index in [0.29, 0.717) is 11.3 Å². The van der Waals surface area contributed by atoms with Crippen LogP contribution >= 0.6 is 23.1 Å². The molecule has 0 fully saturated rings. The van der Waals surface area contributed by atoms with Gasteiger partial charge in [-0.3, -0.25) is 4.57 Å². The highest BCUT2D eigenvalue weighted by Gasteiger charge is 2.18. The van der Waals surface area contributed by atoms with E-state index in [1.807, 2.05) is 12.1 Å². The van der Waals surface area contributed by atoms with Crippen LogP contribution in [0.1, 0.15) is 30.3 Å². The van der Waals surface area contributed by atoms with E-state index < -0.39 is 0 Å². The van der Waals surface area contributed by atoms with Crippen LogP contribution in [0.4, 0.5) is 4.39 Å². The zero-order chi connectivity index (χ0) is 16.4. The quantitative estimate of drug-likeness (QED) is 0.585. The minimum Gasteiger partial charge on any atom is -0.299 e. The molecule has 0 saturated carbocycles. The molecule has 0 aliphatic carbocycles. The zero-order valence-electron chi connectivity index (χ0n) is 13.3. The Kier molecular flexibility index (Phi) is 4.82. The smallest absolute Gasteiger partial charge is 0.192 e. The Morgan fingerprint density at radius 3 is 2.70 bits per heavy atom. The Balaban J connectivity index is 1.88. The molecule has 0 saturated heterocycles. The molecule has 6 heteroatoms. The molecule has 2 heterocycles. The topological polar surface area (TPSA) is 30.7 Å². The molecule has 1 aromatic carbocycles. The van der Waals surface area contributed by atoms with Gasteiger partial charge in [-0.25, -0.2) is 4.39 Å². The fraction of sp³-hybridized carbons (Fsp3) is 0.294. The third-order valence-electron chi connectivity index (χ3n) is 3.48. The maximum Gasteiger partial charge on any atom is 0.192 e.